The Morgan fingerprint density at radius 2 is 2.08 bits per heavy atom. The summed E-state index contributed by atoms with van der Waals surface area (Å²) in [7, 11) is -0.800. The van der Waals surface area contributed by atoms with Crippen molar-refractivity contribution in [2.24, 2.45) is 0 Å². The molecular weight excluding hydrogens is 183 g/mol. The van der Waals surface area contributed by atoms with Crippen LogP contribution in [0.4, 0.5) is 13.2 Å². The van der Waals surface area contributed by atoms with Crippen LogP contribution in [0.2, 0.25) is 6.55 Å². The minimum atomic E-state index is -4.22. The van der Waals surface area contributed by atoms with E-state index in [0.29, 0.717) is 5.19 Å². The maximum atomic E-state index is 12.2. The molecule has 1 rings (SSSR count). The Morgan fingerprint density at radius 3 is 2.50 bits per heavy atom. The molecule has 0 aliphatic heterocycles. The number of hydrogen-bond donors (Lipinski definition) is 0. The monoisotopic (exact) mass is 191 g/mol. The summed E-state index contributed by atoms with van der Waals surface area (Å²) in [6.45, 7) is 1.81. The van der Waals surface area contributed by atoms with Gasteiger partial charge in [0.05, 0.1) is 15.1 Å². The number of pyridine rings is 1. The molecule has 0 bridgehead atoms. The Labute approximate surface area is 70.5 Å². The molecule has 0 aromatic carbocycles. The topological polar surface area (TPSA) is 12.9 Å². The first-order chi connectivity index (χ1) is 5.55. The van der Waals surface area contributed by atoms with Gasteiger partial charge in [-0.05, 0) is 11.3 Å². The first kappa shape index (κ1) is 9.25. The molecule has 0 spiro atoms. The Balaban J connectivity index is 3.14. The van der Waals surface area contributed by atoms with Gasteiger partial charge in [-0.1, -0.05) is 6.55 Å². The fraction of sp³-hybridized carbons (Fsp3) is 0.286. The normalized spacial score (nSPS) is 12.7. The second-order valence-electron chi connectivity index (χ2n) is 2.38. The number of halogens is 3. The van der Waals surface area contributed by atoms with E-state index in [4.69, 9.17) is 0 Å². The van der Waals surface area contributed by atoms with E-state index in [9.17, 15) is 13.2 Å². The molecule has 5 heteroatoms. The summed E-state index contributed by atoms with van der Waals surface area (Å²) in [5, 5.41) is 0.380. The van der Waals surface area contributed by atoms with Crippen LogP contribution in [-0.2, 0) is 6.18 Å². The highest BCUT2D eigenvalue weighted by Gasteiger charge is 2.32. The molecule has 0 aliphatic carbocycles. The van der Waals surface area contributed by atoms with Crippen molar-refractivity contribution in [3.05, 3.63) is 24.0 Å². The van der Waals surface area contributed by atoms with Crippen molar-refractivity contribution in [1.29, 1.82) is 0 Å². The van der Waals surface area contributed by atoms with Crippen LogP contribution in [0.15, 0.2) is 18.5 Å². The van der Waals surface area contributed by atoms with Gasteiger partial charge in [0, 0.05) is 12.4 Å². The lowest BCUT2D eigenvalue weighted by Crippen LogP contribution is -2.24. The van der Waals surface area contributed by atoms with Crippen molar-refractivity contribution in [2.75, 3.05) is 0 Å². The third kappa shape index (κ3) is 1.85. The minimum Gasteiger partial charge on any atom is -0.265 e. The van der Waals surface area contributed by atoms with E-state index in [1.54, 1.807) is 0 Å². The lowest BCUT2D eigenvalue weighted by Gasteiger charge is -2.09. The molecule has 1 aromatic heterocycles. The van der Waals surface area contributed by atoms with Crippen molar-refractivity contribution < 1.29 is 13.2 Å². The molecule has 0 radical (unpaired) electrons. The first-order valence-electron chi connectivity index (χ1n) is 3.55. The van der Waals surface area contributed by atoms with Crippen molar-refractivity contribution in [3.8, 4) is 0 Å². The Kier molecular flexibility index (Phi) is 2.51. The van der Waals surface area contributed by atoms with E-state index < -0.39 is 21.3 Å². The highest BCUT2D eigenvalue weighted by atomic mass is 28.2. The van der Waals surface area contributed by atoms with Gasteiger partial charge in [-0.2, -0.15) is 13.2 Å². The summed E-state index contributed by atoms with van der Waals surface area (Å²) in [5.41, 5.74) is -0.522. The van der Waals surface area contributed by atoms with Gasteiger partial charge in [0.15, 0.2) is 0 Å². The molecule has 0 aliphatic rings. The van der Waals surface area contributed by atoms with E-state index in [2.05, 4.69) is 4.98 Å². The second kappa shape index (κ2) is 3.26. The van der Waals surface area contributed by atoms with Crippen molar-refractivity contribution in [3.63, 3.8) is 0 Å². The predicted octanol–water partition coefficient (Wildman–Crippen LogP) is 0.943. The Morgan fingerprint density at radius 1 is 1.42 bits per heavy atom. The van der Waals surface area contributed by atoms with E-state index in [-0.39, 0.29) is 0 Å². The van der Waals surface area contributed by atoms with Gasteiger partial charge in [0.25, 0.3) is 0 Å². The van der Waals surface area contributed by atoms with Gasteiger partial charge in [-0.15, -0.1) is 0 Å². The lowest BCUT2D eigenvalue weighted by molar-refractivity contribution is -0.136. The zero-order chi connectivity index (χ0) is 9.19. The summed E-state index contributed by atoms with van der Waals surface area (Å²) in [6, 6.07) is 1.03. The quantitative estimate of drug-likeness (QED) is 0.602. The first-order valence-corrected chi connectivity index (χ1v) is 5.68. The number of hydrogen-bond acceptors (Lipinski definition) is 1. The second-order valence-corrected chi connectivity index (χ2v) is 3.85. The number of alkyl halides is 3. The molecule has 66 valence electrons. The van der Waals surface area contributed by atoms with Crippen LogP contribution in [0, 0.1) is 0 Å². The smallest absolute Gasteiger partial charge is 0.265 e. The zero-order valence-electron chi connectivity index (χ0n) is 6.52. The van der Waals surface area contributed by atoms with Crippen molar-refractivity contribution in [1.82, 2.24) is 4.98 Å². The predicted molar refractivity (Wildman–Crippen MR) is 43.3 cm³/mol. The summed E-state index contributed by atoms with van der Waals surface area (Å²) in [4.78, 5) is 3.66. The van der Waals surface area contributed by atoms with Crippen LogP contribution in [0.3, 0.4) is 0 Å². The molecule has 0 saturated carbocycles. The average Bonchev–Trinajstić information content (AvgIpc) is 2.03. The SMILES string of the molecule is C[SiH2]c1cnccc1C(F)(F)F. The lowest BCUT2D eigenvalue weighted by atomic mass is 10.2. The molecule has 1 heterocycles. The van der Waals surface area contributed by atoms with Crippen LogP contribution in [0.25, 0.3) is 0 Å². The molecule has 0 atom stereocenters. The van der Waals surface area contributed by atoms with Gasteiger partial charge in [0.2, 0.25) is 0 Å². The third-order valence-corrected chi connectivity index (χ3v) is 2.92. The number of rotatable bonds is 1. The Hall–Kier alpha value is -0.843. The maximum absolute atomic E-state index is 12.2. The fourth-order valence-corrected chi connectivity index (χ4v) is 1.97. The highest BCUT2D eigenvalue weighted by Crippen LogP contribution is 2.26. The molecule has 0 amide bonds. The average molecular weight is 191 g/mol. The standard InChI is InChI=1S/C7H8F3NSi/c1-12-6-4-11-3-2-5(6)7(8,9)10/h2-4H,12H2,1H3. The van der Waals surface area contributed by atoms with Crippen LogP contribution in [0.5, 0.6) is 0 Å². The van der Waals surface area contributed by atoms with Gasteiger partial charge in [-0.3, -0.25) is 4.98 Å². The summed E-state index contributed by atoms with van der Waals surface area (Å²) in [5.74, 6) is 0. The zero-order valence-corrected chi connectivity index (χ0v) is 7.93. The number of nitrogens with zero attached hydrogens (tertiary/aromatic N) is 1. The summed E-state index contributed by atoms with van der Waals surface area (Å²) >= 11 is 0. The van der Waals surface area contributed by atoms with E-state index in [0.717, 1.165) is 6.07 Å². The molecular formula is C7H8F3NSi. The van der Waals surface area contributed by atoms with E-state index in [1.807, 2.05) is 6.55 Å². The highest BCUT2D eigenvalue weighted by molar-refractivity contribution is 6.52. The summed E-state index contributed by atoms with van der Waals surface area (Å²) < 4.78 is 36.7. The molecule has 0 N–H and O–H groups in total. The largest absolute Gasteiger partial charge is 0.416 e. The summed E-state index contributed by atoms with van der Waals surface area (Å²) in [6.07, 6.45) is -1.73. The Bertz CT molecular complexity index is 272. The fourth-order valence-electron chi connectivity index (χ4n) is 0.985. The van der Waals surface area contributed by atoms with Gasteiger partial charge < -0.3 is 0 Å². The molecule has 0 unspecified atom stereocenters. The van der Waals surface area contributed by atoms with Crippen LogP contribution in [0.1, 0.15) is 5.56 Å². The van der Waals surface area contributed by atoms with Crippen molar-refractivity contribution in [2.45, 2.75) is 12.7 Å². The van der Waals surface area contributed by atoms with E-state index in [1.165, 1.54) is 12.4 Å². The van der Waals surface area contributed by atoms with Crippen molar-refractivity contribution >= 4 is 14.7 Å². The maximum Gasteiger partial charge on any atom is 0.416 e. The van der Waals surface area contributed by atoms with E-state index >= 15 is 0 Å². The molecule has 0 fully saturated rings. The third-order valence-electron chi connectivity index (χ3n) is 1.59. The number of aromatic nitrogens is 1. The molecule has 12 heavy (non-hydrogen) atoms. The van der Waals surface area contributed by atoms with Gasteiger partial charge in [-0.25, -0.2) is 0 Å². The molecule has 1 aromatic rings. The van der Waals surface area contributed by atoms with Crippen LogP contribution in [-0.4, -0.2) is 14.5 Å². The molecule has 1 nitrogen and oxygen atoms in total. The minimum absolute atomic E-state index is 0.380. The van der Waals surface area contributed by atoms with Gasteiger partial charge >= 0.3 is 6.18 Å². The van der Waals surface area contributed by atoms with Gasteiger partial charge in [0.1, 0.15) is 0 Å². The van der Waals surface area contributed by atoms with Crippen LogP contribution < -0.4 is 5.19 Å². The molecule has 0 saturated heterocycles. The van der Waals surface area contributed by atoms with Crippen LogP contribution >= 0.6 is 0 Å².